The van der Waals surface area contributed by atoms with E-state index in [4.69, 9.17) is 4.74 Å². The van der Waals surface area contributed by atoms with Gasteiger partial charge in [-0.05, 0) is 43.7 Å². The van der Waals surface area contributed by atoms with E-state index in [2.05, 4.69) is 4.98 Å². The van der Waals surface area contributed by atoms with Gasteiger partial charge in [0.25, 0.3) is 0 Å². The van der Waals surface area contributed by atoms with Gasteiger partial charge >= 0.3 is 5.97 Å². The second kappa shape index (κ2) is 7.96. The Balaban J connectivity index is 1.76. The maximum atomic E-state index is 12.3. The first-order chi connectivity index (χ1) is 13.6. The van der Waals surface area contributed by atoms with E-state index in [1.165, 1.54) is 18.4 Å². The third-order valence-electron chi connectivity index (χ3n) is 4.83. The minimum atomic E-state index is -3.53. The molecule has 3 rings (SSSR count). The van der Waals surface area contributed by atoms with Crippen LogP contribution >= 0.6 is 0 Å². The summed E-state index contributed by atoms with van der Waals surface area (Å²) in [5, 5.41) is 0. The molecular formula is C21H25N3O4S. The number of fused-ring (bicyclic) bond motifs is 1. The SMILES string of the molecule is Cc1ccc(OC(=O)CCc2nc3cc(S(=O)(=O)N(C)C)ccc3n2C)c(C)c1. The van der Waals surface area contributed by atoms with E-state index < -0.39 is 10.0 Å². The van der Waals surface area contributed by atoms with Gasteiger partial charge in [0.05, 0.1) is 22.3 Å². The summed E-state index contributed by atoms with van der Waals surface area (Å²) in [4.78, 5) is 17.0. The van der Waals surface area contributed by atoms with E-state index in [0.717, 1.165) is 16.6 Å². The maximum Gasteiger partial charge on any atom is 0.311 e. The zero-order valence-electron chi connectivity index (χ0n) is 17.3. The number of hydrogen-bond donors (Lipinski definition) is 0. The fourth-order valence-corrected chi connectivity index (χ4v) is 4.05. The average molecular weight is 416 g/mol. The average Bonchev–Trinajstić information content (AvgIpc) is 2.97. The number of rotatable bonds is 6. The van der Waals surface area contributed by atoms with E-state index in [9.17, 15) is 13.2 Å². The second-order valence-electron chi connectivity index (χ2n) is 7.27. The summed E-state index contributed by atoms with van der Waals surface area (Å²) in [7, 11) is 1.30. The van der Waals surface area contributed by atoms with Crippen molar-refractivity contribution in [3.05, 3.63) is 53.3 Å². The lowest BCUT2D eigenvalue weighted by atomic mass is 10.1. The van der Waals surface area contributed by atoms with Crippen LogP contribution in [0.3, 0.4) is 0 Å². The number of carbonyl (C=O) groups is 1. The highest BCUT2D eigenvalue weighted by Gasteiger charge is 2.19. The lowest BCUT2D eigenvalue weighted by Gasteiger charge is -2.10. The fraction of sp³-hybridized carbons (Fsp3) is 0.333. The Morgan fingerprint density at radius 2 is 1.86 bits per heavy atom. The number of imidazole rings is 1. The van der Waals surface area contributed by atoms with E-state index in [0.29, 0.717) is 23.5 Å². The fourth-order valence-electron chi connectivity index (χ4n) is 3.13. The first-order valence-electron chi connectivity index (χ1n) is 9.25. The third kappa shape index (κ3) is 4.33. The van der Waals surface area contributed by atoms with Crippen LogP contribution in [0.4, 0.5) is 0 Å². The molecule has 0 saturated carbocycles. The van der Waals surface area contributed by atoms with E-state index in [1.807, 2.05) is 37.6 Å². The van der Waals surface area contributed by atoms with Gasteiger partial charge in [-0.1, -0.05) is 17.7 Å². The third-order valence-corrected chi connectivity index (χ3v) is 6.64. The van der Waals surface area contributed by atoms with Crippen LogP contribution in [0.15, 0.2) is 41.3 Å². The number of sulfonamides is 1. The zero-order valence-corrected chi connectivity index (χ0v) is 18.1. The van der Waals surface area contributed by atoms with Crippen molar-refractivity contribution in [2.45, 2.75) is 31.6 Å². The van der Waals surface area contributed by atoms with Gasteiger partial charge in [0.1, 0.15) is 11.6 Å². The van der Waals surface area contributed by atoms with Crippen molar-refractivity contribution in [2.75, 3.05) is 14.1 Å². The van der Waals surface area contributed by atoms with Gasteiger partial charge in [0.15, 0.2) is 0 Å². The van der Waals surface area contributed by atoms with Gasteiger partial charge < -0.3 is 9.30 Å². The van der Waals surface area contributed by atoms with Crippen LogP contribution in [0.2, 0.25) is 0 Å². The Morgan fingerprint density at radius 1 is 1.14 bits per heavy atom. The number of hydrogen-bond acceptors (Lipinski definition) is 5. The molecule has 0 amide bonds. The first kappa shape index (κ1) is 21.0. The molecule has 8 heteroatoms. The molecule has 0 aliphatic rings. The van der Waals surface area contributed by atoms with Crippen LogP contribution in [0.25, 0.3) is 11.0 Å². The predicted octanol–water partition coefficient (Wildman–Crippen LogP) is 2.98. The summed E-state index contributed by atoms with van der Waals surface area (Å²) in [6.45, 7) is 3.89. The molecular weight excluding hydrogens is 390 g/mol. The van der Waals surface area contributed by atoms with Crippen molar-refractivity contribution in [1.29, 1.82) is 0 Å². The number of carbonyl (C=O) groups excluding carboxylic acids is 1. The Kier molecular flexibility index (Phi) is 5.77. The van der Waals surface area contributed by atoms with Crippen LogP contribution in [0.1, 0.15) is 23.4 Å². The molecule has 0 N–H and O–H groups in total. The topological polar surface area (TPSA) is 81.5 Å². The molecule has 0 atom stereocenters. The number of benzene rings is 2. The van der Waals surface area contributed by atoms with Crippen LogP contribution in [0.5, 0.6) is 5.75 Å². The Hall–Kier alpha value is -2.71. The molecule has 1 aromatic heterocycles. The largest absolute Gasteiger partial charge is 0.426 e. The van der Waals surface area contributed by atoms with Gasteiger partial charge in [-0.15, -0.1) is 0 Å². The quantitative estimate of drug-likeness (QED) is 0.457. The highest BCUT2D eigenvalue weighted by Crippen LogP contribution is 2.23. The van der Waals surface area contributed by atoms with Crippen LogP contribution in [0, 0.1) is 13.8 Å². The van der Waals surface area contributed by atoms with Gasteiger partial charge in [-0.25, -0.2) is 17.7 Å². The van der Waals surface area contributed by atoms with Gasteiger partial charge in [0.2, 0.25) is 10.0 Å². The molecule has 29 heavy (non-hydrogen) atoms. The number of esters is 1. The zero-order chi connectivity index (χ0) is 21.3. The van der Waals surface area contributed by atoms with Crippen LogP contribution in [-0.2, 0) is 28.3 Å². The second-order valence-corrected chi connectivity index (χ2v) is 9.42. The minimum absolute atomic E-state index is 0.174. The summed E-state index contributed by atoms with van der Waals surface area (Å²) >= 11 is 0. The molecule has 0 saturated heterocycles. The maximum absolute atomic E-state index is 12.3. The summed E-state index contributed by atoms with van der Waals surface area (Å²) < 4.78 is 33.2. The normalized spacial score (nSPS) is 11.9. The molecule has 0 radical (unpaired) electrons. The first-order valence-corrected chi connectivity index (χ1v) is 10.7. The van der Waals surface area contributed by atoms with Crippen molar-refractivity contribution in [3.8, 4) is 5.75 Å². The van der Waals surface area contributed by atoms with Crippen molar-refractivity contribution >= 4 is 27.0 Å². The summed E-state index contributed by atoms with van der Waals surface area (Å²) in [6, 6.07) is 10.5. The van der Waals surface area contributed by atoms with E-state index in [-0.39, 0.29) is 17.3 Å². The molecule has 0 aliphatic heterocycles. The highest BCUT2D eigenvalue weighted by atomic mass is 32.2. The monoisotopic (exact) mass is 415 g/mol. The molecule has 7 nitrogen and oxygen atoms in total. The summed E-state index contributed by atoms with van der Waals surface area (Å²) in [6.07, 6.45) is 0.567. The molecule has 0 unspecified atom stereocenters. The predicted molar refractivity (Wildman–Crippen MR) is 111 cm³/mol. The van der Waals surface area contributed by atoms with Gasteiger partial charge in [-0.2, -0.15) is 0 Å². The minimum Gasteiger partial charge on any atom is -0.426 e. The number of aryl methyl sites for hydroxylation is 4. The van der Waals surface area contributed by atoms with E-state index >= 15 is 0 Å². The summed E-state index contributed by atoms with van der Waals surface area (Å²) in [5.41, 5.74) is 3.40. The molecule has 0 fully saturated rings. The lowest BCUT2D eigenvalue weighted by Crippen LogP contribution is -2.22. The number of ether oxygens (including phenoxy) is 1. The van der Waals surface area contributed by atoms with E-state index in [1.54, 1.807) is 24.3 Å². The van der Waals surface area contributed by atoms with Crippen LogP contribution < -0.4 is 4.74 Å². The van der Waals surface area contributed by atoms with Gasteiger partial charge in [-0.3, -0.25) is 4.79 Å². The molecule has 0 spiro atoms. The van der Waals surface area contributed by atoms with Crippen molar-refractivity contribution in [1.82, 2.24) is 13.9 Å². The van der Waals surface area contributed by atoms with Crippen molar-refractivity contribution in [2.24, 2.45) is 7.05 Å². The lowest BCUT2D eigenvalue weighted by molar-refractivity contribution is -0.134. The number of nitrogens with zero attached hydrogens (tertiary/aromatic N) is 3. The molecule has 0 bridgehead atoms. The van der Waals surface area contributed by atoms with Crippen molar-refractivity contribution < 1.29 is 17.9 Å². The Bertz CT molecular complexity index is 1180. The summed E-state index contributed by atoms with van der Waals surface area (Å²) in [5.74, 6) is 0.918. The smallest absolute Gasteiger partial charge is 0.311 e. The molecule has 154 valence electrons. The van der Waals surface area contributed by atoms with Crippen LogP contribution in [-0.4, -0.2) is 42.3 Å². The highest BCUT2D eigenvalue weighted by molar-refractivity contribution is 7.89. The molecule has 1 heterocycles. The number of aromatic nitrogens is 2. The molecule has 3 aromatic rings. The van der Waals surface area contributed by atoms with Crippen molar-refractivity contribution in [3.63, 3.8) is 0 Å². The molecule has 0 aliphatic carbocycles. The molecule has 2 aromatic carbocycles. The van der Waals surface area contributed by atoms with Gasteiger partial charge in [0, 0.05) is 27.6 Å². The Morgan fingerprint density at radius 3 is 2.52 bits per heavy atom. The standard InChI is InChI=1S/C21H25N3O4S/c1-14-6-9-19(15(2)12-14)28-21(25)11-10-20-22-17-13-16(29(26,27)23(3)4)7-8-18(17)24(20)5/h6-9,12-13H,10-11H2,1-5H3. The Labute approximate surface area is 171 Å².